The van der Waals surface area contributed by atoms with Crippen molar-refractivity contribution in [2.24, 2.45) is 5.92 Å². The van der Waals surface area contributed by atoms with E-state index >= 15 is 0 Å². The monoisotopic (exact) mass is 593 g/mol. The van der Waals surface area contributed by atoms with Gasteiger partial charge in [0, 0.05) is 29.6 Å². The third-order valence-corrected chi connectivity index (χ3v) is 7.74. The van der Waals surface area contributed by atoms with E-state index in [2.05, 4.69) is 10.3 Å². The minimum Gasteiger partial charge on any atom is -0.396 e. The summed E-state index contributed by atoms with van der Waals surface area (Å²) in [4.78, 5) is 22.7. The Morgan fingerprint density at radius 1 is 1.05 bits per heavy atom. The van der Waals surface area contributed by atoms with Crippen LogP contribution in [0, 0.1) is 5.92 Å². The van der Waals surface area contributed by atoms with E-state index < -0.39 is 35.9 Å². The van der Waals surface area contributed by atoms with Crippen molar-refractivity contribution >= 4 is 29.0 Å². The number of carbonyl (C=O) groups excluding carboxylic acids is 1. The number of hydrogen-bond acceptors (Lipinski definition) is 5. The lowest BCUT2D eigenvalue weighted by Crippen LogP contribution is -2.48. The smallest absolute Gasteiger partial charge is 0.396 e. The molecule has 0 saturated carbocycles. The lowest BCUT2D eigenvalue weighted by atomic mass is 9.92. The number of benzene rings is 3. The fourth-order valence-corrected chi connectivity index (χ4v) is 5.46. The number of aromatic nitrogens is 1. The van der Waals surface area contributed by atoms with Gasteiger partial charge in [-0.3, -0.25) is 9.63 Å². The molecule has 43 heavy (non-hydrogen) atoms. The van der Waals surface area contributed by atoms with Crippen molar-refractivity contribution in [3.05, 3.63) is 107 Å². The molecule has 4 N–H and O–H groups in total. The molecule has 0 radical (unpaired) electrons. The number of aliphatic hydroxyl groups is 2. The van der Waals surface area contributed by atoms with Gasteiger partial charge in [0.1, 0.15) is 12.1 Å². The summed E-state index contributed by atoms with van der Waals surface area (Å²) in [5.41, 5.74) is 3.74. The van der Waals surface area contributed by atoms with Crippen molar-refractivity contribution in [3.63, 3.8) is 0 Å². The molecule has 1 aromatic heterocycles. The van der Waals surface area contributed by atoms with E-state index in [0.29, 0.717) is 18.5 Å². The van der Waals surface area contributed by atoms with Crippen LogP contribution in [0.4, 0.5) is 13.2 Å². The number of rotatable bonds is 10. The second kappa shape index (κ2) is 13.1. The number of H-pyrrole nitrogens is 1. The van der Waals surface area contributed by atoms with E-state index in [1.165, 1.54) is 17.2 Å². The van der Waals surface area contributed by atoms with E-state index in [0.717, 1.165) is 39.7 Å². The Morgan fingerprint density at radius 2 is 1.70 bits per heavy atom. The normalized spacial score (nSPS) is 20.2. The summed E-state index contributed by atoms with van der Waals surface area (Å²) in [7, 11) is 0. The number of aliphatic hydroxyl groups excluding tert-OH is 2. The summed E-state index contributed by atoms with van der Waals surface area (Å²) < 4.78 is 38.4. The molecule has 1 fully saturated rings. The highest BCUT2D eigenvalue weighted by Crippen LogP contribution is 2.32. The number of nitrogens with zero attached hydrogens (tertiary/aromatic N) is 1. The summed E-state index contributed by atoms with van der Waals surface area (Å²) in [5, 5.41) is 26.1. The minimum atomic E-state index is -4.37. The number of alkyl halides is 3. The molecule has 1 aliphatic rings. The summed E-state index contributed by atoms with van der Waals surface area (Å²) in [6, 6.07) is 19.5. The van der Waals surface area contributed by atoms with Crippen molar-refractivity contribution in [3.8, 4) is 0 Å². The van der Waals surface area contributed by atoms with E-state index in [-0.39, 0.29) is 19.1 Å². The predicted molar refractivity (Wildman–Crippen MR) is 158 cm³/mol. The Morgan fingerprint density at radius 3 is 2.33 bits per heavy atom. The number of halogens is 3. The van der Waals surface area contributed by atoms with Gasteiger partial charge in [-0.25, -0.2) is 0 Å². The van der Waals surface area contributed by atoms with Gasteiger partial charge < -0.3 is 20.5 Å². The van der Waals surface area contributed by atoms with E-state index in [1.807, 2.05) is 54.7 Å². The lowest BCUT2D eigenvalue weighted by Gasteiger charge is -2.24. The van der Waals surface area contributed by atoms with Crippen molar-refractivity contribution in [2.75, 3.05) is 13.2 Å². The highest BCUT2D eigenvalue weighted by atomic mass is 19.4. The highest BCUT2D eigenvalue weighted by Gasteiger charge is 2.48. The van der Waals surface area contributed by atoms with Gasteiger partial charge >= 0.3 is 6.18 Å². The molecule has 2 heterocycles. The van der Waals surface area contributed by atoms with E-state index in [9.17, 15) is 28.2 Å². The average Bonchev–Trinajstić information content (AvgIpc) is 3.58. The third-order valence-electron chi connectivity index (χ3n) is 7.74. The quantitative estimate of drug-likeness (QED) is 0.190. The molecule has 4 atom stereocenters. The Bertz CT molecular complexity index is 1550. The van der Waals surface area contributed by atoms with Crippen LogP contribution in [0.2, 0.25) is 0 Å². The number of carbonyl (C=O) groups is 1. The topological polar surface area (TPSA) is 97.8 Å². The van der Waals surface area contributed by atoms with Gasteiger partial charge in [0.25, 0.3) is 0 Å². The number of aromatic amines is 1. The average molecular weight is 594 g/mol. The number of amides is 1. The molecule has 0 spiro atoms. The fourth-order valence-electron chi connectivity index (χ4n) is 5.46. The van der Waals surface area contributed by atoms with Crippen LogP contribution in [0.3, 0.4) is 0 Å². The first kappa shape index (κ1) is 30.5. The Labute approximate surface area is 247 Å². The summed E-state index contributed by atoms with van der Waals surface area (Å²) in [6.45, 7) is 1.87. The second-order valence-corrected chi connectivity index (χ2v) is 10.8. The number of hydrogen-bond donors (Lipinski definition) is 4. The molecule has 0 aliphatic carbocycles. The van der Waals surface area contributed by atoms with Crippen LogP contribution in [0.25, 0.3) is 23.1 Å². The number of nitrogens with one attached hydrogen (secondary N) is 2. The van der Waals surface area contributed by atoms with Gasteiger partial charge in [0.15, 0.2) is 0 Å². The molecule has 3 aromatic carbocycles. The Balaban J connectivity index is 1.24. The summed E-state index contributed by atoms with van der Waals surface area (Å²) in [6.07, 6.45) is 0.0593. The Hall–Kier alpha value is -3.96. The summed E-state index contributed by atoms with van der Waals surface area (Å²) in [5.74, 6) is -0.919. The van der Waals surface area contributed by atoms with Crippen LogP contribution < -0.4 is 5.32 Å². The lowest BCUT2D eigenvalue weighted by molar-refractivity contribution is -0.192. The Kier molecular flexibility index (Phi) is 9.31. The van der Waals surface area contributed by atoms with E-state index in [1.54, 1.807) is 19.1 Å². The van der Waals surface area contributed by atoms with Crippen LogP contribution in [0.1, 0.15) is 34.7 Å². The predicted octanol–water partition coefficient (Wildman–Crippen LogP) is 5.19. The zero-order valence-electron chi connectivity index (χ0n) is 23.6. The minimum absolute atomic E-state index is 0.239. The molecule has 226 valence electrons. The van der Waals surface area contributed by atoms with Crippen LogP contribution in [-0.4, -0.2) is 57.6 Å². The van der Waals surface area contributed by atoms with Gasteiger partial charge in [0.05, 0.1) is 24.8 Å². The standard InChI is InChI=1S/C33H34F3N3O4/c1-21(41)31-28(20-40)30(32(42)37-17-16-25-18-38-29-5-3-2-4-27(25)29)39(43-31)19-24-10-8-22(9-11-24)6-7-23-12-14-26(15-13-23)33(34,35)36/h2-15,18,21,28,30-31,38,40-41H,16-17,19-20H2,1H3,(H,37,42)/b7-6+/t21-,28+,30+,31+/m0/s1. The van der Waals surface area contributed by atoms with Crippen LogP contribution in [-0.2, 0) is 28.8 Å². The van der Waals surface area contributed by atoms with Crippen LogP contribution >= 0.6 is 0 Å². The van der Waals surface area contributed by atoms with E-state index in [4.69, 9.17) is 4.84 Å². The molecular weight excluding hydrogens is 559 g/mol. The molecule has 10 heteroatoms. The highest BCUT2D eigenvalue weighted by molar-refractivity contribution is 5.84. The fraction of sp³-hybridized carbons (Fsp3) is 0.303. The first-order valence-corrected chi connectivity index (χ1v) is 14.1. The van der Waals surface area contributed by atoms with Crippen LogP contribution in [0.15, 0.2) is 79.0 Å². The molecule has 7 nitrogen and oxygen atoms in total. The molecular formula is C33H34F3N3O4. The maximum Gasteiger partial charge on any atom is 0.416 e. The van der Waals surface area contributed by atoms with Gasteiger partial charge in [-0.15, -0.1) is 0 Å². The molecule has 4 aromatic rings. The third kappa shape index (κ3) is 7.17. The molecule has 1 aliphatic heterocycles. The van der Waals surface area contributed by atoms with Gasteiger partial charge in [-0.1, -0.05) is 66.7 Å². The molecule has 5 rings (SSSR count). The largest absolute Gasteiger partial charge is 0.416 e. The van der Waals surface area contributed by atoms with Crippen molar-refractivity contribution in [1.29, 1.82) is 0 Å². The maximum absolute atomic E-state index is 13.4. The SMILES string of the molecule is C[C@H](O)[C@H]1ON(Cc2ccc(/C=C/c3ccc(C(F)(F)F)cc3)cc2)[C@@H](C(=O)NCCc2c[nH]c3ccccc23)[C@H]1CO. The van der Waals surface area contributed by atoms with Gasteiger partial charge in [0.2, 0.25) is 5.91 Å². The van der Waals surface area contributed by atoms with Gasteiger partial charge in [-0.05, 0) is 53.8 Å². The van der Waals surface area contributed by atoms with Crippen LogP contribution in [0.5, 0.6) is 0 Å². The van der Waals surface area contributed by atoms with Crippen molar-refractivity contribution < 1.29 is 33.0 Å². The first-order chi connectivity index (χ1) is 20.6. The zero-order chi connectivity index (χ0) is 30.6. The zero-order valence-corrected chi connectivity index (χ0v) is 23.6. The number of para-hydroxylation sites is 1. The van der Waals surface area contributed by atoms with Crippen molar-refractivity contribution in [2.45, 2.75) is 44.3 Å². The van der Waals surface area contributed by atoms with Crippen molar-refractivity contribution in [1.82, 2.24) is 15.4 Å². The maximum atomic E-state index is 13.4. The first-order valence-electron chi connectivity index (χ1n) is 14.1. The number of fused-ring (bicyclic) bond motifs is 1. The van der Waals surface area contributed by atoms with Gasteiger partial charge in [-0.2, -0.15) is 18.2 Å². The number of hydroxylamine groups is 2. The summed E-state index contributed by atoms with van der Waals surface area (Å²) >= 11 is 0. The molecule has 1 amide bonds. The molecule has 0 bridgehead atoms. The second-order valence-electron chi connectivity index (χ2n) is 10.8. The molecule has 1 saturated heterocycles. The molecule has 0 unspecified atom stereocenters.